The third kappa shape index (κ3) is 6.47. The van der Waals surface area contributed by atoms with Crippen molar-refractivity contribution >= 4 is 29.2 Å². The van der Waals surface area contributed by atoms with E-state index >= 15 is 8.78 Å². The number of anilines is 2. The summed E-state index contributed by atoms with van der Waals surface area (Å²) < 4.78 is 41.2. The maximum atomic E-state index is 15.5. The highest BCUT2D eigenvalue weighted by atomic mass is 19.1. The summed E-state index contributed by atoms with van der Waals surface area (Å²) in [7, 11) is 2.49. The van der Waals surface area contributed by atoms with Crippen LogP contribution in [0.5, 0.6) is 11.5 Å². The Balaban J connectivity index is 1.67. The molecule has 1 N–H and O–H groups in total. The van der Waals surface area contributed by atoms with Gasteiger partial charge in [-0.15, -0.1) is 0 Å². The highest BCUT2D eigenvalue weighted by Gasteiger charge is 2.38. The smallest absolute Gasteiger partial charge is 0.329 e. The number of rotatable bonds is 10. The van der Waals surface area contributed by atoms with E-state index in [1.54, 1.807) is 17.2 Å². The van der Waals surface area contributed by atoms with Gasteiger partial charge < -0.3 is 19.7 Å². The third-order valence-corrected chi connectivity index (χ3v) is 7.53. The van der Waals surface area contributed by atoms with Gasteiger partial charge in [0.05, 0.1) is 26.5 Å². The number of piperidine rings is 1. The van der Waals surface area contributed by atoms with Crippen molar-refractivity contribution in [3.63, 3.8) is 0 Å². The van der Waals surface area contributed by atoms with Gasteiger partial charge in [0.15, 0.2) is 28.9 Å². The van der Waals surface area contributed by atoms with Crippen LogP contribution in [0.25, 0.3) is 0 Å². The van der Waals surface area contributed by atoms with Crippen molar-refractivity contribution in [3.05, 3.63) is 53.9 Å². The maximum absolute atomic E-state index is 15.5. The van der Waals surface area contributed by atoms with Crippen molar-refractivity contribution < 1.29 is 32.6 Å². The van der Waals surface area contributed by atoms with Gasteiger partial charge >= 0.3 is 12.1 Å². The predicted molar refractivity (Wildman–Crippen MR) is 154 cm³/mol. The standard InChI is InChI=1S/C30H37F2N5O5/c1-6-22(38)8-7-21-13-23-20(15-33-21)17-37(28-26(31)24(41-4)14-25(42-5)27(28)32)30(40)36(23)16-19-9-11-35(12-10-19)29(39)34-18(2)3/h6,13-15,18-19H,1,7-12,16-17H2,2-5H3,(H,34,39). The number of nitrogens with zero attached hydrogens (tertiary/aromatic N) is 4. The monoisotopic (exact) mass is 585 g/mol. The Morgan fingerprint density at radius 3 is 2.36 bits per heavy atom. The van der Waals surface area contributed by atoms with E-state index in [1.807, 2.05) is 13.8 Å². The minimum atomic E-state index is -1.02. The zero-order chi connectivity index (χ0) is 30.6. The molecule has 42 heavy (non-hydrogen) atoms. The first-order valence-electron chi connectivity index (χ1n) is 13.9. The molecule has 0 spiro atoms. The molecular formula is C30H37F2N5O5. The second kappa shape index (κ2) is 13.2. The molecule has 226 valence electrons. The van der Waals surface area contributed by atoms with Crippen molar-refractivity contribution in [3.8, 4) is 11.5 Å². The highest BCUT2D eigenvalue weighted by molar-refractivity contribution is 6.06. The molecule has 10 nitrogen and oxygen atoms in total. The van der Waals surface area contributed by atoms with Crippen molar-refractivity contribution in [2.45, 2.75) is 52.1 Å². The molecule has 2 aliphatic rings. The number of ether oxygens (including phenoxy) is 2. The zero-order valence-corrected chi connectivity index (χ0v) is 24.4. The summed E-state index contributed by atoms with van der Waals surface area (Å²) in [4.78, 5) is 47.1. The Morgan fingerprint density at radius 1 is 1.14 bits per heavy atom. The van der Waals surface area contributed by atoms with Crippen LogP contribution in [0, 0.1) is 17.6 Å². The average Bonchev–Trinajstić information content (AvgIpc) is 2.98. The molecule has 1 aromatic carbocycles. The van der Waals surface area contributed by atoms with E-state index in [1.165, 1.54) is 25.2 Å². The van der Waals surface area contributed by atoms with Crippen LogP contribution < -0.4 is 24.6 Å². The maximum Gasteiger partial charge on any atom is 0.329 e. The van der Waals surface area contributed by atoms with Crippen LogP contribution in [-0.4, -0.2) is 67.6 Å². The number of methoxy groups -OCH3 is 2. The van der Waals surface area contributed by atoms with E-state index in [9.17, 15) is 14.4 Å². The SMILES string of the molecule is C=CC(=O)CCc1cc2c(cn1)CN(c1c(F)c(OC)cc(OC)c1F)C(=O)N2CC1CCN(C(=O)NC(C)C)CC1. The second-order valence-corrected chi connectivity index (χ2v) is 10.7. The zero-order valence-electron chi connectivity index (χ0n) is 24.4. The number of carbonyl (C=O) groups is 3. The molecule has 1 aromatic heterocycles. The molecule has 0 radical (unpaired) electrons. The number of carbonyl (C=O) groups excluding carboxylic acids is 3. The number of urea groups is 2. The number of aromatic nitrogens is 1. The summed E-state index contributed by atoms with van der Waals surface area (Å²) in [6.45, 7) is 8.46. The number of hydrogen-bond donors (Lipinski definition) is 1. The molecule has 4 rings (SSSR count). The normalized spacial score (nSPS) is 15.5. The number of halogens is 2. The number of nitrogens with one attached hydrogen (secondary N) is 1. The highest BCUT2D eigenvalue weighted by Crippen LogP contribution is 2.41. The Morgan fingerprint density at radius 2 is 1.79 bits per heavy atom. The van der Waals surface area contributed by atoms with E-state index < -0.39 is 23.4 Å². The fourth-order valence-electron chi connectivity index (χ4n) is 5.24. The van der Waals surface area contributed by atoms with Gasteiger partial charge in [0, 0.05) is 55.6 Å². The number of ketones is 1. The number of aryl methyl sites for hydroxylation is 1. The van der Waals surface area contributed by atoms with Crippen LogP contribution in [0.2, 0.25) is 0 Å². The topological polar surface area (TPSA) is 104 Å². The molecular weight excluding hydrogens is 548 g/mol. The van der Waals surface area contributed by atoms with Crippen LogP contribution in [-0.2, 0) is 17.8 Å². The molecule has 3 heterocycles. The van der Waals surface area contributed by atoms with E-state index in [-0.39, 0.29) is 54.8 Å². The molecule has 1 saturated heterocycles. The van der Waals surface area contributed by atoms with Crippen LogP contribution in [0.4, 0.5) is 29.7 Å². The molecule has 0 bridgehead atoms. The van der Waals surface area contributed by atoms with E-state index in [4.69, 9.17) is 9.47 Å². The van der Waals surface area contributed by atoms with E-state index in [0.29, 0.717) is 49.3 Å². The first-order chi connectivity index (χ1) is 20.1. The van der Waals surface area contributed by atoms with Crippen molar-refractivity contribution in [2.75, 3.05) is 43.7 Å². The molecule has 4 amide bonds. The number of hydrogen-bond acceptors (Lipinski definition) is 6. The third-order valence-electron chi connectivity index (χ3n) is 7.53. The molecule has 2 aromatic rings. The first-order valence-corrected chi connectivity index (χ1v) is 13.9. The largest absolute Gasteiger partial charge is 0.493 e. The Labute approximate surface area is 244 Å². The van der Waals surface area contributed by atoms with Crippen LogP contribution in [0.1, 0.15) is 44.4 Å². The van der Waals surface area contributed by atoms with Crippen LogP contribution in [0.3, 0.4) is 0 Å². The van der Waals surface area contributed by atoms with Crippen molar-refractivity contribution in [1.29, 1.82) is 0 Å². The number of pyridine rings is 1. The average molecular weight is 586 g/mol. The summed E-state index contributed by atoms with van der Waals surface area (Å²) in [6, 6.07) is 2.12. The van der Waals surface area contributed by atoms with Crippen molar-refractivity contribution in [2.24, 2.45) is 5.92 Å². The number of fused-ring (bicyclic) bond motifs is 1. The Hall–Kier alpha value is -4.22. The summed E-state index contributed by atoms with van der Waals surface area (Å²) in [6.07, 6.45) is 4.68. The quantitative estimate of drug-likeness (QED) is 0.400. The molecule has 2 aliphatic heterocycles. The van der Waals surface area contributed by atoms with Gasteiger partial charge in [-0.3, -0.25) is 19.6 Å². The number of allylic oxidation sites excluding steroid dienone is 1. The van der Waals surface area contributed by atoms with Gasteiger partial charge in [-0.2, -0.15) is 0 Å². The molecule has 12 heteroatoms. The van der Waals surface area contributed by atoms with Gasteiger partial charge in [0.2, 0.25) is 0 Å². The number of benzene rings is 1. The lowest BCUT2D eigenvalue weighted by Crippen LogP contribution is -2.52. The fraction of sp³-hybridized carbons (Fsp3) is 0.467. The van der Waals surface area contributed by atoms with Gasteiger partial charge in [0.1, 0.15) is 5.69 Å². The predicted octanol–water partition coefficient (Wildman–Crippen LogP) is 4.84. The van der Waals surface area contributed by atoms with Gasteiger partial charge in [0.25, 0.3) is 0 Å². The Kier molecular flexibility index (Phi) is 9.64. The summed E-state index contributed by atoms with van der Waals surface area (Å²) in [5, 5.41) is 2.90. The van der Waals surface area contributed by atoms with Crippen LogP contribution >= 0.6 is 0 Å². The lowest BCUT2D eigenvalue weighted by molar-refractivity contribution is -0.114. The van der Waals surface area contributed by atoms with Gasteiger partial charge in [-0.05, 0) is 51.2 Å². The minimum absolute atomic E-state index is 0.0179. The van der Waals surface area contributed by atoms with E-state index in [2.05, 4.69) is 16.9 Å². The van der Waals surface area contributed by atoms with Gasteiger partial charge in [-0.25, -0.2) is 18.4 Å². The summed E-state index contributed by atoms with van der Waals surface area (Å²) in [5.74, 6) is -2.67. The number of amides is 4. The van der Waals surface area contributed by atoms with Gasteiger partial charge in [-0.1, -0.05) is 6.58 Å². The number of likely N-dealkylation sites (tertiary alicyclic amines) is 1. The lowest BCUT2D eigenvalue weighted by atomic mass is 9.95. The summed E-state index contributed by atoms with van der Waals surface area (Å²) in [5.41, 5.74) is 1.19. The second-order valence-electron chi connectivity index (χ2n) is 10.7. The molecule has 0 saturated carbocycles. The molecule has 1 fully saturated rings. The first kappa shape index (κ1) is 30.7. The molecule has 0 aliphatic carbocycles. The summed E-state index contributed by atoms with van der Waals surface area (Å²) >= 11 is 0. The molecule has 0 unspecified atom stereocenters. The minimum Gasteiger partial charge on any atom is -0.493 e. The lowest BCUT2D eigenvalue weighted by Gasteiger charge is -2.40. The van der Waals surface area contributed by atoms with Crippen LogP contribution in [0.15, 0.2) is 31.0 Å². The fourth-order valence-corrected chi connectivity index (χ4v) is 5.24. The van der Waals surface area contributed by atoms with Crippen molar-refractivity contribution in [1.82, 2.24) is 15.2 Å². The molecule has 0 atom stereocenters. The Bertz CT molecular complexity index is 1330. The van der Waals surface area contributed by atoms with E-state index in [0.717, 1.165) is 11.0 Å².